The van der Waals surface area contributed by atoms with Gasteiger partial charge in [0, 0.05) is 18.7 Å². The summed E-state index contributed by atoms with van der Waals surface area (Å²) < 4.78 is 0. The van der Waals surface area contributed by atoms with Gasteiger partial charge in [-0.1, -0.05) is 26.8 Å². The molecule has 0 amide bonds. The molecule has 0 bridgehead atoms. The highest BCUT2D eigenvalue weighted by Gasteiger charge is 2.21. The van der Waals surface area contributed by atoms with Gasteiger partial charge in [-0.3, -0.25) is 4.99 Å². The number of amidine groups is 1. The molecule has 1 aliphatic heterocycles. The molecule has 1 aromatic rings. The summed E-state index contributed by atoms with van der Waals surface area (Å²) in [4.78, 5) is 4.48. The number of hydrogen-bond acceptors (Lipinski definition) is 3. The Morgan fingerprint density at radius 2 is 2.00 bits per heavy atom. The highest BCUT2D eigenvalue weighted by atomic mass is 15.1. The van der Waals surface area contributed by atoms with Crippen LogP contribution in [0.1, 0.15) is 43.0 Å². The van der Waals surface area contributed by atoms with E-state index in [-0.39, 0.29) is 5.41 Å². The first-order chi connectivity index (χ1) is 8.80. The normalized spacial score (nSPS) is 15.3. The molecule has 3 N–H and O–H groups in total. The quantitative estimate of drug-likeness (QED) is 0.802. The zero-order chi connectivity index (χ0) is 14.2. The van der Waals surface area contributed by atoms with Crippen molar-refractivity contribution in [1.29, 1.82) is 0 Å². The van der Waals surface area contributed by atoms with Crippen LogP contribution < -0.4 is 11.1 Å². The minimum absolute atomic E-state index is 0.0846. The number of hydrogen-bond donors (Lipinski definition) is 2. The summed E-state index contributed by atoms with van der Waals surface area (Å²) in [5.41, 5.74) is 12.5. The van der Waals surface area contributed by atoms with Crippen LogP contribution in [0.25, 0.3) is 0 Å². The van der Waals surface area contributed by atoms with Crippen molar-refractivity contribution in [3.63, 3.8) is 0 Å². The standard InChI is InChI=1S/C16H25N3/c1-10-8-13(16(3,4)5)15(17)11(2)12(10)9-14-18-6-7-19-14/h8H,6-7,9,17H2,1-5H3,(H,18,19). The lowest BCUT2D eigenvalue weighted by atomic mass is 9.81. The van der Waals surface area contributed by atoms with Crippen LogP contribution in [0.3, 0.4) is 0 Å². The van der Waals surface area contributed by atoms with Crippen molar-refractivity contribution >= 4 is 11.5 Å². The molecule has 0 saturated carbocycles. The zero-order valence-corrected chi connectivity index (χ0v) is 12.7. The predicted molar refractivity (Wildman–Crippen MR) is 83.0 cm³/mol. The SMILES string of the molecule is Cc1cc(C(C)(C)C)c(N)c(C)c1CC1=NCCN1. The molecule has 0 unspecified atom stereocenters. The average molecular weight is 259 g/mol. The molecule has 0 saturated heterocycles. The van der Waals surface area contributed by atoms with Gasteiger partial charge in [0.25, 0.3) is 0 Å². The molecule has 0 spiro atoms. The number of rotatable bonds is 2. The van der Waals surface area contributed by atoms with Crippen molar-refractivity contribution in [2.75, 3.05) is 18.8 Å². The fraction of sp³-hybridized carbons (Fsp3) is 0.562. The number of nitrogen functional groups attached to an aromatic ring is 1. The Morgan fingerprint density at radius 1 is 1.32 bits per heavy atom. The number of aliphatic imine (C=N–C) groups is 1. The van der Waals surface area contributed by atoms with Gasteiger partial charge in [-0.05, 0) is 41.5 Å². The van der Waals surface area contributed by atoms with Crippen molar-refractivity contribution in [2.24, 2.45) is 4.99 Å². The van der Waals surface area contributed by atoms with E-state index >= 15 is 0 Å². The number of benzene rings is 1. The van der Waals surface area contributed by atoms with Crippen molar-refractivity contribution in [3.8, 4) is 0 Å². The third-order valence-electron chi connectivity index (χ3n) is 3.88. The van der Waals surface area contributed by atoms with Crippen LogP contribution in [0.15, 0.2) is 11.1 Å². The predicted octanol–water partition coefficient (Wildman–Crippen LogP) is 2.73. The first-order valence-corrected chi connectivity index (χ1v) is 6.97. The Labute approximate surface area is 116 Å². The first-order valence-electron chi connectivity index (χ1n) is 6.97. The largest absolute Gasteiger partial charge is 0.398 e. The molecule has 3 heteroatoms. The zero-order valence-electron chi connectivity index (χ0n) is 12.7. The second-order valence-electron chi connectivity index (χ2n) is 6.44. The van der Waals surface area contributed by atoms with E-state index in [2.05, 4.69) is 51.0 Å². The second kappa shape index (κ2) is 4.87. The van der Waals surface area contributed by atoms with E-state index < -0.39 is 0 Å². The fourth-order valence-corrected chi connectivity index (χ4v) is 2.67. The maximum absolute atomic E-state index is 6.35. The lowest BCUT2D eigenvalue weighted by molar-refractivity contribution is 0.591. The van der Waals surface area contributed by atoms with Crippen LogP contribution in [0.4, 0.5) is 5.69 Å². The summed E-state index contributed by atoms with van der Waals surface area (Å²) in [6, 6.07) is 2.24. The Balaban J connectivity index is 2.43. The van der Waals surface area contributed by atoms with Crippen molar-refractivity contribution < 1.29 is 0 Å². The minimum atomic E-state index is 0.0846. The Bertz CT molecular complexity index is 522. The molecule has 1 heterocycles. The molecule has 0 radical (unpaired) electrons. The van der Waals surface area contributed by atoms with Crippen molar-refractivity contribution in [2.45, 2.75) is 46.5 Å². The van der Waals surface area contributed by atoms with Crippen LogP contribution >= 0.6 is 0 Å². The summed E-state index contributed by atoms with van der Waals surface area (Å²) >= 11 is 0. The first kappa shape index (κ1) is 13.9. The molecule has 19 heavy (non-hydrogen) atoms. The van der Waals surface area contributed by atoms with Crippen LogP contribution in [0.5, 0.6) is 0 Å². The highest BCUT2D eigenvalue weighted by molar-refractivity contribution is 5.86. The van der Waals surface area contributed by atoms with Crippen LogP contribution in [0, 0.1) is 13.8 Å². The Morgan fingerprint density at radius 3 is 2.53 bits per heavy atom. The van der Waals surface area contributed by atoms with Gasteiger partial charge in [0.05, 0.1) is 6.54 Å². The van der Waals surface area contributed by atoms with E-state index in [9.17, 15) is 0 Å². The van der Waals surface area contributed by atoms with Gasteiger partial charge in [0.15, 0.2) is 0 Å². The molecule has 0 aromatic heterocycles. The molecule has 0 fully saturated rings. The summed E-state index contributed by atoms with van der Waals surface area (Å²) in [7, 11) is 0. The smallest absolute Gasteiger partial charge is 0.101 e. The number of nitrogens with two attached hydrogens (primary N) is 1. The van der Waals surface area contributed by atoms with Crippen LogP contribution in [-0.2, 0) is 11.8 Å². The van der Waals surface area contributed by atoms with Gasteiger partial charge < -0.3 is 11.1 Å². The van der Waals surface area contributed by atoms with Gasteiger partial charge in [-0.25, -0.2) is 0 Å². The summed E-state index contributed by atoms with van der Waals surface area (Å²) in [6.45, 7) is 12.8. The number of anilines is 1. The maximum Gasteiger partial charge on any atom is 0.101 e. The van der Waals surface area contributed by atoms with Gasteiger partial charge in [0.1, 0.15) is 5.84 Å². The molecule has 3 nitrogen and oxygen atoms in total. The van der Waals surface area contributed by atoms with E-state index in [0.29, 0.717) is 0 Å². The van der Waals surface area contributed by atoms with Crippen LogP contribution in [-0.4, -0.2) is 18.9 Å². The van der Waals surface area contributed by atoms with Gasteiger partial charge in [0.2, 0.25) is 0 Å². The molecule has 104 valence electrons. The lowest BCUT2D eigenvalue weighted by Gasteiger charge is -2.25. The second-order valence-corrected chi connectivity index (χ2v) is 6.44. The van der Waals surface area contributed by atoms with Gasteiger partial charge >= 0.3 is 0 Å². The summed E-state index contributed by atoms with van der Waals surface area (Å²) in [5.74, 6) is 1.09. The van der Waals surface area contributed by atoms with Crippen LogP contribution in [0.2, 0.25) is 0 Å². The molecular weight excluding hydrogens is 234 g/mol. The third kappa shape index (κ3) is 2.75. The number of nitrogens with one attached hydrogen (secondary N) is 1. The fourth-order valence-electron chi connectivity index (χ4n) is 2.67. The molecule has 0 atom stereocenters. The average Bonchev–Trinajstić information content (AvgIpc) is 2.80. The Kier molecular flexibility index (Phi) is 3.57. The van der Waals surface area contributed by atoms with E-state index in [1.807, 2.05) is 0 Å². The molecular formula is C16H25N3. The van der Waals surface area contributed by atoms with Crippen molar-refractivity contribution in [1.82, 2.24) is 5.32 Å². The number of nitrogens with zero attached hydrogens (tertiary/aromatic N) is 1. The third-order valence-corrected chi connectivity index (χ3v) is 3.88. The summed E-state index contributed by atoms with van der Waals surface area (Å²) in [5, 5.41) is 3.33. The van der Waals surface area contributed by atoms with E-state index in [1.165, 1.54) is 22.3 Å². The molecule has 0 aliphatic carbocycles. The molecule has 2 rings (SSSR count). The number of aryl methyl sites for hydroxylation is 1. The summed E-state index contributed by atoms with van der Waals surface area (Å²) in [6.07, 6.45) is 0.867. The highest BCUT2D eigenvalue weighted by Crippen LogP contribution is 2.33. The maximum atomic E-state index is 6.35. The van der Waals surface area contributed by atoms with E-state index in [1.54, 1.807) is 0 Å². The van der Waals surface area contributed by atoms with Crippen molar-refractivity contribution in [3.05, 3.63) is 28.3 Å². The topological polar surface area (TPSA) is 50.4 Å². The van der Waals surface area contributed by atoms with Gasteiger partial charge in [-0.15, -0.1) is 0 Å². The molecule has 1 aromatic carbocycles. The molecule has 1 aliphatic rings. The van der Waals surface area contributed by atoms with Gasteiger partial charge in [-0.2, -0.15) is 0 Å². The van der Waals surface area contributed by atoms with E-state index in [4.69, 9.17) is 5.73 Å². The van der Waals surface area contributed by atoms with E-state index in [0.717, 1.165) is 31.0 Å². The lowest BCUT2D eigenvalue weighted by Crippen LogP contribution is -2.22. The minimum Gasteiger partial charge on any atom is -0.398 e. The monoisotopic (exact) mass is 259 g/mol. The Hall–Kier alpha value is -1.51.